The fraction of sp³-hybridized carbons (Fsp3) is 1.00. The first-order valence-electron chi connectivity index (χ1n) is 4.83. The van der Waals surface area contributed by atoms with Crippen molar-refractivity contribution in [1.82, 2.24) is 10.2 Å². The van der Waals surface area contributed by atoms with Crippen molar-refractivity contribution in [2.45, 2.75) is 19.4 Å². The molecule has 1 aliphatic rings. The molecule has 3 nitrogen and oxygen atoms in total. The van der Waals surface area contributed by atoms with Gasteiger partial charge in [0.2, 0.25) is 0 Å². The van der Waals surface area contributed by atoms with E-state index in [1.54, 1.807) is 0 Å². The van der Waals surface area contributed by atoms with Crippen LogP contribution < -0.4 is 5.32 Å². The van der Waals surface area contributed by atoms with Crippen molar-refractivity contribution in [3.8, 4) is 0 Å². The Kier molecular flexibility index (Phi) is 4.58. The number of ether oxygens (including phenoxy) is 1. The Balaban J connectivity index is 2.06. The van der Waals surface area contributed by atoms with Crippen LogP contribution in [-0.2, 0) is 4.74 Å². The van der Waals surface area contributed by atoms with Gasteiger partial charge in [-0.15, -0.1) is 0 Å². The third kappa shape index (κ3) is 3.52. The zero-order valence-electron chi connectivity index (χ0n) is 8.18. The lowest BCUT2D eigenvalue weighted by atomic mass is 10.3. The van der Waals surface area contributed by atoms with Crippen LogP contribution in [0.2, 0.25) is 0 Å². The minimum absolute atomic E-state index is 0.398. The van der Waals surface area contributed by atoms with Crippen LogP contribution in [0.5, 0.6) is 0 Å². The number of rotatable bonds is 4. The van der Waals surface area contributed by atoms with Crippen molar-refractivity contribution in [1.29, 1.82) is 0 Å². The Morgan fingerprint density at radius 2 is 2.42 bits per heavy atom. The average molecular weight is 172 g/mol. The summed E-state index contributed by atoms with van der Waals surface area (Å²) in [7, 11) is 2.15. The predicted octanol–water partition coefficient (Wildman–Crippen LogP) is 0.317. The molecule has 1 rings (SSSR count). The summed E-state index contributed by atoms with van der Waals surface area (Å²) in [5.74, 6) is 0. The van der Waals surface area contributed by atoms with E-state index in [2.05, 4.69) is 24.2 Å². The third-order valence-electron chi connectivity index (χ3n) is 2.14. The van der Waals surface area contributed by atoms with Gasteiger partial charge in [0.1, 0.15) is 0 Å². The SMILES string of the molecule is CCCNC[C@@H]1CN(C)CCO1. The van der Waals surface area contributed by atoms with Crippen molar-refractivity contribution >= 4 is 0 Å². The molecular formula is C9H20N2O. The molecule has 1 N–H and O–H groups in total. The van der Waals surface area contributed by atoms with Crippen molar-refractivity contribution in [2.24, 2.45) is 0 Å². The maximum atomic E-state index is 5.59. The van der Waals surface area contributed by atoms with Crippen LogP contribution in [0.1, 0.15) is 13.3 Å². The molecule has 1 fully saturated rings. The Morgan fingerprint density at radius 3 is 3.08 bits per heavy atom. The van der Waals surface area contributed by atoms with Crippen molar-refractivity contribution in [3.63, 3.8) is 0 Å². The van der Waals surface area contributed by atoms with Crippen molar-refractivity contribution in [2.75, 3.05) is 39.8 Å². The van der Waals surface area contributed by atoms with Crippen molar-refractivity contribution < 1.29 is 4.74 Å². The quantitative estimate of drug-likeness (QED) is 0.618. The lowest BCUT2D eigenvalue weighted by Gasteiger charge is -2.30. The van der Waals surface area contributed by atoms with Gasteiger partial charge in [0, 0.05) is 19.6 Å². The van der Waals surface area contributed by atoms with Crippen LogP contribution in [0.15, 0.2) is 0 Å². The molecule has 0 aromatic carbocycles. The topological polar surface area (TPSA) is 24.5 Å². The van der Waals surface area contributed by atoms with Gasteiger partial charge in [0.25, 0.3) is 0 Å². The van der Waals surface area contributed by atoms with Gasteiger partial charge in [0.05, 0.1) is 12.7 Å². The molecule has 0 unspecified atom stereocenters. The second-order valence-electron chi connectivity index (χ2n) is 3.46. The van der Waals surface area contributed by atoms with E-state index in [9.17, 15) is 0 Å². The molecule has 1 aliphatic heterocycles. The number of nitrogens with one attached hydrogen (secondary N) is 1. The minimum Gasteiger partial charge on any atom is -0.374 e. The molecule has 3 heteroatoms. The molecule has 1 heterocycles. The number of morpholine rings is 1. The second-order valence-corrected chi connectivity index (χ2v) is 3.46. The highest BCUT2D eigenvalue weighted by Gasteiger charge is 2.16. The lowest BCUT2D eigenvalue weighted by molar-refractivity contribution is -0.0179. The number of likely N-dealkylation sites (N-methyl/N-ethyl adjacent to an activating group) is 1. The number of hydrogen-bond acceptors (Lipinski definition) is 3. The summed E-state index contributed by atoms with van der Waals surface area (Å²) < 4.78 is 5.59. The molecule has 0 radical (unpaired) electrons. The molecule has 1 atom stereocenters. The normalized spacial score (nSPS) is 26.0. The van der Waals surface area contributed by atoms with Crippen LogP contribution in [0.4, 0.5) is 0 Å². The van der Waals surface area contributed by atoms with Gasteiger partial charge >= 0.3 is 0 Å². The van der Waals surface area contributed by atoms with E-state index in [4.69, 9.17) is 4.74 Å². The van der Waals surface area contributed by atoms with E-state index in [1.165, 1.54) is 6.42 Å². The second kappa shape index (κ2) is 5.51. The summed E-state index contributed by atoms with van der Waals surface area (Å²) in [4.78, 5) is 2.32. The third-order valence-corrected chi connectivity index (χ3v) is 2.14. The van der Waals surface area contributed by atoms with Crippen LogP contribution in [0.3, 0.4) is 0 Å². The smallest absolute Gasteiger partial charge is 0.0826 e. The highest BCUT2D eigenvalue weighted by molar-refractivity contribution is 4.70. The molecule has 12 heavy (non-hydrogen) atoms. The van der Waals surface area contributed by atoms with Crippen LogP contribution >= 0.6 is 0 Å². The Morgan fingerprint density at radius 1 is 1.58 bits per heavy atom. The fourth-order valence-corrected chi connectivity index (χ4v) is 1.43. The fourth-order valence-electron chi connectivity index (χ4n) is 1.43. The highest BCUT2D eigenvalue weighted by atomic mass is 16.5. The summed E-state index contributed by atoms with van der Waals surface area (Å²) in [6.45, 7) is 7.30. The molecule has 0 aliphatic carbocycles. The Bertz CT molecular complexity index is 119. The maximum Gasteiger partial charge on any atom is 0.0826 e. The lowest BCUT2D eigenvalue weighted by Crippen LogP contribution is -2.44. The molecule has 0 bridgehead atoms. The number of nitrogens with zero attached hydrogens (tertiary/aromatic N) is 1. The zero-order chi connectivity index (χ0) is 8.81. The standard InChI is InChI=1S/C9H20N2O/c1-3-4-10-7-9-8-11(2)5-6-12-9/h9-10H,3-8H2,1-2H3/t9-/m1/s1. The molecule has 1 saturated heterocycles. The molecule has 0 spiro atoms. The average Bonchev–Trinajstić information content (AvgIpc) is 2.05. The first-order valence-corrected chi connectivity index (χ1v) is 4.83. The van der Waals surface area contributed by atoms with E-state index in [0.29, 0.717) is 6.10 Å². The van der Waals surface area contributed by atoms with Gasteiger partial charge in [-0.3, -0.25) is 0 Å². The minimum atomic E-state index is 0.398. The Labute approximate surface area is 75.1 Å². The largest absolute Gasteiger partial charge is 0.374 e. The van der Waals surface area contributed by atoms with Crippen LogP contribution in [0, 0.1) is 0 Å². The van der Waals surface area contributed by atoms with Gasteiger partial charge in [-0.2, -0.15) is 0 Å². The van der Waals surface area contributed by atoms with Gasteiger partial charge in [-0.1, -0.05) is 6.92 Å². The van der Waals surface area contributed by atoms with Crippen LogP contribution in [-0.4, -0.2) is 50.8 Å². The molecule has 0 aromatic rings. The van der Waals surface area contributed by atoms with Crippen LogP contribution in [0.25, 0.3) is 0 Å². The Hall–Kier alpha value is -0.120. The van der Waals surface area contributed by atoms with Gasteiger partial charge < -0.3 is 15.0 Å². The van der Waals surface area contributed by atoms with E-state index >= 15 is 0 Å². The number of hydrogen-bond donors (Lipinski definition) is 1. The van der Waals surface area contributed by atoms with Gasteiger partial charge in [-0.05, 0) is 20.0 Å². The molecule has 0 saturated carbocycles. The highest BCUT2D eigenvalue weighted by Crippen LogP contribution is 2.01. The van der Waals surface area contributed by atoms with E-state index in [1.807, 2.05) is 0 Å². The summed E-state index contributed by atoms with van der Waals surface area (Å²) in [6, 6.07) is 0. The molecule has 0 aromatic heterocycles. The zero-order valence-corrected chi connectivity index (χ0v) is 8.18. The molecule has 72 valence electrons. The summed E-state index contributed by atoms with van der Waals surface area (Å²) in [6.07, 6.45) is 1.60. The monoisotopic (exact) mass is 172 g/mol. The first kappa shape index (κ1) is 9.96. The maximum absolute atomic E-state index is 5.59. The predicted molar refractivity (Wildman–Crippen MR) is 50.4 cm³/mol. The van der Waals surface area contributed by atoms with Gasteiger partial charge in [-0.25, -0.2) is 0 Å². The van der Waals surface area contributed by atoms with E-state index < -0.39 is 0 Å². The summed E-state index contributed by atoms with van der Waals surface area (Å²) in [5.41, 5.74) is 0. The van der Waals surface area contributed by atoms with E-state index in [0.717, 1.165) is 32.8 Å². The molecular weight excluding hydrogens is 152 g/mol. The van der Waals surface area contributed by atoms with E-state index in [-0.39, 0.29) is 0 Å². The first-order chi connectivity index (χ1) is 5.83. The molecule has 0 amide bonds. The summed E-state index contributed by atoms with van der Waals surface area (Å²) in [5, 5.41) is 3.37. The van der Waals surface area contributed by atoms with Crippen molar-refractivity contribution in [3.05, 3.63) is 0 Å². The summed E-state index contributed by atoms with van der Waals surface area (Å²) >= 11 is 0. The van der Waals surface area contributed by atoms with Gasteiger partial charge in [0.15, 0.2) is 0 Å².